The van der Waals surface area contributed by atoms with E-state index in [-0.39, 0.29) is 18.1 Å². The maximum absolute atomic E-state index is 12.9. The summed E-state index contributed by atoms with van der Waals surface area (Å²) in [6.45, 7) is 0. The SMILES string of the molecule is O=C(Cc1ccc(F)cc1)Nc1ccc(SCc2nnc(-c3ccccc3)o2)cc1. The minimum absolute atomic E-state index is 0.152. The van der Waals surface area contributed by atoms with Crippen LogP contribution in [-0.4, -0.2) is 16.1 Å². The number of amides is 1. The Morgan fingerprint density at radius 2 is 1.67 bits per heavy atom. The summed E-state index contributed by atoms with van der Waals surface area (Å²) < 4.78 is 18.7. The lowest BCUT2D eigenvalue weighted by atomic mass is 10.1. The van der Waals surface area contributed by atoms with Crippen LogP contribution in [0.5, 0.6) is 0 Å². The first-order chi connectivity index (χ1) is 14.7. The van der Waals surface area contributed by atoms with Crippen LogP contribution in [0.4, 0.5) is 10.1 Å². The van der Waals surface area contributed by atoms with Crippen molar-refractivity contribution >= 4 is 23.4 Å². The van der Waals surface area contributed by atoms with Crippen LogP contribution < -0.4 is 5.32 Å². The monoisotopic (exact) mass is 419 g/mol. The molecule has 0 atom stereocenters. The van der Waals surface area contributed by atoms with E-state index in [9.17, 15) is 9.18 Å². The van der Waals surface area contributed by atoms with E-state index in [1.807, 2.05) is 54.6 Å². The lowest BCUT2D eigenvalue weighted by molar-refractivity contribution is -0.115. The number of nitrogens with one attached hydrogen (secondary N) is 1. The van der Waals surface area contributed by atoms with Crippen LogP contribution in [0.25, 0.3) is 11.5 Å². The number of carbonyl (C=O) groups excluding carboxylic acids is 1. The number of halogens is 1. The molecule has 5 nitrogen and oxygen atoms in total. The second-order valence-corrected chi connectivity index (χ2v) is 7.58. The van der Waals surface area contributed by atoms with E-state index in [2.05, 4.69) is 15.5 Å². The van der Waals surface area contributed by atoms with Gasteiger partial charge in [-0.05, 0) is 54.1 Å². The fourth-order valence-electron chi connectivity index (χ4n) is 2.78. The highest BCUT2D eigenvalue weighted by atomic mass is 32.2. The van der Waals surface area contributed by atoms with E-state index in [0.717, 1.165) is 16.0 Å². The van der Waals surface area contributed by atoms with Gasteiger partial charge in [0.25, 0.3) is 0 Å². The molecule has 1 N–H and O–H groups in total. The van der Waals surface area contributed by atoms with E-state index in [1.165, 1.54) is 12.1 Å². The highest BCUT2D eigenvalue weighted by Crippen LogP contribution is 2.25. The van der Waals surface area contributed by atoms with Crippen molar-refractivity contribution in [2.75, 3.05) is 5.32 Å². The van der Waals surface area contributed by atoms with Gasteiger partial charge in [-0.3, -0.25) is 4.79 Å². The smallest absolute Gasteiger partial charge is 0.247 e. The van der Waals surface area contributed by atoms with Crippen molar-refractivity contribution in [2.45, 2.75) is 17.1 Å². The zero-order chi connectivity index (χ0) is 20.8. The lowest BCUT2D eigenvalue weighted by Gasteiger charge is -2.06. The molecule has 1 amide bonds. The van der Waals surface area contributed by atoms with Crippen molar-refractivity contribution in [3.8, 4) is 11.5 Å². The van der Waals surface area contributed by atoms with Crippen LogP contribution in [0.2, 0.25) is 0 Å². The van der Waals surface area contributed by atoms with Crippen LogP contribution in [0.3, 0.4) is 0 Å². The van der Waals surface area contributed by atoms with Gasteiger partial charge in [0.15, 0.2) is 0 Å². The Hall–Kier alpha value is -3.45. The van der Waals surface area contributed by atoms with Crippen molar-refractivity contribution in [1.82, 2.24) is 10.2 Å². The summed E-state index contributed by atoms with van der Waals surface area (Å²) in [4.78, 5) is 13.2. The number of hydrogen-bond donors (Lipinski definition) is 1. The van der Waals surface area contributed by atoms with Crippen molar-refractivity contribution in [3.05, 3.63) is 96.1 Å². The highest BCUT2D eigenvalue weighted by molar-refractivity contribution is 7.98. The number of nitrogens with zero attached hydrogens (tertiary/aromatic N) is 2. The van der Waals surface area contributed by atoms with E-state index in [0.29, 0.717) is 23.2 Å². The molecule has 0 spiro atoms. The van der Waals surface area contributed by atoms with Crippen molar-refractivity contribution in [3.63, 3.8) is 0 Å². The molecule has 0 fully saturated rings. The number of thioether (sulfide) groups is 1. The Labute approximate surface area is 177 Å². The van der Waals surface area contributed by atoms with Crippen LogP contribution in [0, 0.1) is 5.82 Å². The molecule has 0 saturated carbocycles. The Bertz CT molecular complexity index is 1110. The van der Waals surface area contributed by atoms with Gasteiger partial charge in [0.05, 0.1) is 12.2 Å². The van der Waals surface area contributed by atoms with Crippen molar-refractivity contribution in [2.24, 2.45) is 0 Å². The maximum Gasteiger partial charge on any atom is 0.247 e. The predicted molar refractivity (Wildman–Crippen MR) is 114 cm³/mol. The Morgan fingerprint density at radius 3 is 2.40 bits per heavy atom. The van der Waals surface area contributed by atoms with Gasteiger partial charge in [-0.2, -0.15) is 0 Å². The zero-order valence-electron chi connectivity index (χ0n) is 15.9. The maximum atomic E-state index is 12.9. The first-order valence-corrected chi connectivity index (χ1v) is 10.3. The topological polar surface area (TPSA) is 68.0 Å². The summed E-state index contributed by atoms with van der Waals surface area (Å²) in [5, 5.41) is 11.0. The van der Waals surface area contributed by atoms with E-state index in [4.69, 9.17) is 4.42 Å². The molecule has 0 aliphatic heterocycles. The largest absolute Gasteiger partial charge is 0.420 e. The van der Waals surface area contributed by atoms with Gasteiger partial charge in [0.2, 0.25) is 17.7 Å². The fraction of sp³-hybridized carbons (Fsp3) is 0.0870. The Balaban J connectivity index is 1.29. The summed E-state index contributed by atoms with van der Waals surface area (Å²) >= 11 is 1.57. The summed E-state index contributed by atoms with van der Waals surface area (Å²) in [5.74, 6) is 1.14. The summed E-state index contributed by atoms with van der Waals surface area (Å²) in [6.07, 6.45) is 0.192. The number of anilines is 1. The quantitative estimate of drug-likeness (QED) is 0.409. The van der Waals surface area contributed by atoms with Gasteiger partial charge in [0.1, 0.15) is 5.82 Å². The lowest BCUT2D eigenvalue weighted by Crippen LogP contribution is -2.14. The molecule has 0 saturated heterocycles. The summed E-state index contributed by atoms with van der Waals surface area (Å²) in [5.41, 5.74) is 2.35. The number of benzene rings is 3. The number of rotatable bonds is 7. The Kier molecular flexibility index (Phi) is 6.20. The first-order valence-electron chi connectivity index (χ1n) is 9.31. The average Bonchev–Trinajstić information content (AvgIpc) is 3.25. The third kappa shape index (κ3) is 5.33. The molecule has 1 heterocycles. The molecular formula is C23H18FN3O2S. The van der Waals surface area contributed by atoms with Crippen LogP contribution in [0.15, 0.2) is 88.2 Å². The molecular weight excluding hydrogens is 401 g/mol. The molecule has 0 unspecified atom stereocenters. The molecule has 3 aromatic carbocycles. The number of aromatic nitrogens is 2. The van der Waals surface area contributed by atoms with Gasteiger partial charge in [-0.25, -0.2) is 4.39 Å². The third-order valence-electron chi connectivity index (χ3n) is 4.27. The van der Waals surface area contributed by atoms with E-state index < -0.39 is 0 Å². The molecule has 0 radical (unpaired) electrons. The third-order valence-corrected chi connectivity index (χ3v) is 5.26. The second-order valence-electron chi connectivity index (χ2n) is 6.53. The molecule has 0 bridgehead atoms. The van der Waals surface area contributed by atoms with Gasteiger partial charge < -0.3 is 9.73 Å². The molecule has 150 valence electrons. The van der Waals surface area contributed by atoms with Crippen LogP contribution in [0.1, 0.15) is 11.5 Å². The summed E-state index contributed by atoms with van der Waals surface area (Å²) in [6, 6.07) is 23.1. The fourth-order valence-corrected chi connectivity index (χ4v) is 3.52. The van der Waals surface area contributed by atoms with Gasteiger partial charge in [0, 0.05) is 16.1 Å². The zero-order valence-corrected chi connectivity index (χ0v) is 16.7. The van der Waals surface area contributed by atoms with E-state index in [1.54, 1.807) is 23.9 Å². The van der Waals surface area contributed by atoms with Crippen molar-refractivity contribution in [1.29, 1.82) is 0 Å². The molecule has 30 heavy (non-hydrogen) atoms. The van der Waals surface area contributed by atoms with Crippen molar-refractivity contribution < 1.29 is 13.6 Å². The molecule has 4 aromatic rings. The molecule has 1 aromatic heterocycles. The first kappa shape index (κ1) is 19.8. The number of hydrogen-bond acceptors (Lipinski definition) is 5. The predicted octanol–water partition coefficient (Wildman–Crippen LogP) is 5.35. The van der Waals surface area contributed by atoms with Gasteiger partial charge in [-0.1, -0.05) is 30.3 Å². The Morgan fingerprint density at radius 1 is 0.933 bits per heavy atom. The highest BCUT2D eigenvalue weighted by Gasteiger charge is 2.09. The minimum atomic E-state index is -0.316. The summed E-state index contributed by atoms with van der Waals surface area (Å²) in [7, 11) is 0. The van der Waals surface area contributed by atoms with E-state index >= 15 is 0 Å². The van der Waals surface area contributed by atoms with Crippen LogP contribution in [-0.2, 0) is 17.0 Å². The molecule has 0 aliphatic rings. The van der Waals surface area contributed by atoms with Gasteiger partial charge >= 0.3 is 0 Å². The molecule has 4 rings (SSSR count). The number of carbonyl (C=O) groups is 1. The minimum Gasteiger partial charge on any atom is -0.420 e. The second kappa shape index (κ2) is 9.37. The molecule has 0 aliphatic carbocycles. The molecule has 7 heteroatoms. The average molecular weight is 419 g/mol. The van der Waals surface area contributed by atoms with Gasteiger partial charge in [-0.15, -0.1) is 22.0 Å². The van der Waals surface area contributed by atoms with Crippen LogP contribution >= 0.6 is 11.8 Å². The standard InChI is InChI=1S/C23H18FN3O2S/c24-18-8-6-16(7-9-18)14-21(28)25-19-10-12-20(13-11-19)30-15-22-26-27-23(29-22)17-4-2-1-3-5-17/h1-13H,14-15H2,(H,25,28). The normalized spacial score (nSPS) is 10.7.